The first-order valence-electron chi connectivity index (χ1n) is 12.6. The summed E-state index contributed by atoms with van der Waals surface area (Å²) in [5, 5.41) is 4.41. The average molecular weight is 468 g/mol. The molecule has 4 aromatic rings. The summed E-state index contributed by atoms with van der Waals surface area (Å²) in [7, 11) is 0. The van der Waals surface area contributed by atoms with E-state index in [1.165, 1.54) is 22.1 Å². The molecule has 0 atom stereocenters. The molecule has 1 amide bonds. The lowest BCUT2D eigenvalue weighted by molar-refractivity contribution is -0.126. The van der Waals surface area contributed by atoms with Crippen molar-refractivity contribution in [3.63, 3.8) is 0 Å². The molecule has 1 aliphatic rings. The average Bonchev–Trinajstić information content (AvgIpc) is 3.32. The minimum Gasteiger partial charge on any atom is -0.489 e. The molecule has 0 bridgehead atoms. The Kier molecular flexibility index (Phi) is 7.44. The largest absolute Gasteiger partial charge is 0.489 e. The van der Waals surface area contributed by atoms with Gasteiger partial charge in [-0.2, -0.15) is 0 Å². The van der Waals surface area contributed by atoms with Crippen molar-refractivity contribution in [2.75, 3.05) is 19.6 Å². The zero-order chi connectivity index (χ0) is 23.9. The lowest BCUT2D eigenvalue weighted by atomic mass is 9.95. The molecular weight excluding hydrogens is 434 g/mol. The number of para-hydroxylation sites is 1. The summed E-state index contributed by atoms with van der Waals surface area (Å²) in [6.07, 6.45) is 4.73. The first-order chi connectivity index (χ1) is 17.2. The Bertz CT molecular complexity index is 1230. The van der Waals surface area contributed by atoms with Crippen LogP contribution in [-0.4, -0.2) is 35.4 Å². The molecule has 0 aliphatic carbocycles. The third-order valence-corrected chi connectivity index (χ3v) is 6.90. The van der Waals surface area contributed by atoms with E-state index in [9.17, 15) is 4.79 Å². The zero-order valence-corrected chi connectivity index (χ0v) is 20.1. The van der Waals surface area contributed by atoms with E-state index in [2.05, 4.69) is 63.9 Å². The topological polar surface area (TPSA) is 57.4 Å². The van der Waals surface area contributed by atoms with Crippen molar-refractivity contribution in [2.45, 2.75) is 32.4 Å². The van der Waals surface area contributed by atoms with Crippen molar-refractivity contribution in [3.8, 4) is 5.75 Å². The normalized spacial score (nSPS) is 14.7. The van der Waals surface area contributed by atoms with E-state index in [0.29, 0.717) is 13.2 Å². The molecule has 1 aromatic heterocycles. The summed E-state index contributed by atoms with van der Waals surface area (Å²) < 4.78 is 5.89. The standard InChI is InChI=1S/C30H33N3O2/c34-30(31-17-14-26-20-32-29-9-5-4-8-28(26)29)25-15-18-33(19-16-25)21-23-10-12-27(13-11-23)35-22-24-6-2-1-3-7-24/h1-13,20,25,32H,14-19,21-22H2,(H,31,34). The SMILES string of the molecule is O=C(NCCc1c[nH]c2ccccc12)C1CCN(Cc2ccc(OCc3ccccc3)cc2)CC1. The van der Waals surface area contributed by atoms with Gasteiger partial charge in [-0.05, 0) is 67.2 Å². The van der Waals surface area contributed by atoms with Crippen LogP contribution in [-0.2, 0) is 24.4 Å². The van der Waals surface area contributed by atoms with Crippen molar-refractivity contribution in [2.24, 2.45) is 5.92 Å². The van der Waals surface area contributed by atoms with Crippen LogP contribution < -0.4 is 10.1 Å². The molecule has 0 saturated carbocycles. The highest BCUT2D eigenvalue weighted by Crippen LogP contribution is 2.21. The van der Waals surface area contributed by atoms with Crippen LogP contribution in [0, 0.1) is 5.92 Å². The van der Waals surface area contributed by atoms with E-state index in [1.54, 1.807) is 0 Å². The van der Waals surface area contributed by atoms with Gasteiger partial charge in [0.25, 0.3) is 0 Å². The number of rotatable bonds is 9. The van der Waals surface area contributed by atoms with Gasteiger partial charge in [0, 0.05) is 36.1 Å². The van der Waals surface area contributed by atoms with Crippen LogP contribution in [0.5, 0.6) is 5.75 Å². The van der Waals surface area contributed by atoms with E-state index in [0.717, 1.165) is 50.2 Å². The molecule has 2 N–H and O–H groups in total. The van der Waals surface area contributed by atoms with E-state index in [4.69, 9.17) is 4.74 Å². The molecule has 1 fully saturated rings. The first kappa shape index (κ1) is 23.2. The van der Waals surface area contributed by atoms with Crippen LogP contribution in [0.4, 0.5) is 0 Å². The summed E-state index contributed by atoms with van der Waals surface area (Å²) in [4.78, 5) is 18.5. The lowest BCUT2D eigenvalue weighted by Crippen LogP contribution is -2.40. The maximum atomic E-state index is 12.7. The molecule has 5 heteroatoms. The number of piperidine rings is 1. The molecule has 1 saturated heterocycles. The van der Waals surface area contributed by atoms with E-state index in [-0.39, 0.29) is 11.8 Å². The minimum atomic E-state index is 0.114. The number of ether oxygens (including phenoxy) is 1. The summed E-state index contributed by atoms with van der Waals surface area (Å²) in [5.74, 6) is 1.20. The fourth-order valence-corrected chi connectivity index (χ4v) is 4.85. The molecule has 5 rings (SSSR count). The highest BCUT2D eigenvalue weighted by Gasteiger charge is 2.24. The number of carbonyl (C=O) groups is 1. The van der Waals surface area contributed by atoms with Crippen molar-refractivity contribution >= 4 is 16.8 Å². The first-order valence-corrected chi connectivity index (χ1v) is 12.6. The summed E-state index contributed by atoms with van der Waals surface area (Å²) >= 11 is 0. The van der Waals surface area contributed by atoms with Crippen molar-refractivity contribution in [1.82, 2.24) is 15.2 Å². The number of aromatic nitrogens is 1. The molecule has 180 valence electrons. The molecule has 5 nitrogen and oxygen atoms in total. The predicted molar refractivity (Wildman–Crippen MR) is 140 cm³/mol. The summed E-state index contributed by atoms with van der Waals surface area (Å²) in [6, 6.07) is 26.9. The van der Waals surface area contributed by atoms with Crippen LogP contribution in [0.2, 0.25) is 0 Å². The maximum Gasteiger partial charge on any atom is 0.223 e. The zero-order valence-electron chi connectivity index (χ0n) is 20.1. The maximum absolute atomic E-state index is 12.7. The number of benzene rings is 3. The third-order valence-electron chi connectivity index (χ3n) is 6.90. The number of aromatic amines is 1. The smallest absolute Gasteiger partial charge is 0.223 e. The minimum absolute atomic E-state index is 0.114. The fourth-order valence-electron chi connectivity index (χ4n) is 4.85. The molecule has 35 heavy (non-hydrogen) atoms. The number of carbonyl (C=O) groups excluding carboxylic acids is 1. The monoisotopic (exact) mass is 467 g/mol. The van der Waals surface area contributed by atoms with Crippen LogP contribution in [0.15, 0.2) is 85.1 Å². The molecule has 0 spiro atoms. The van der Waals surface area contributed by atoms with Crippen LogP contribution in [0.1, 0.15) is 29.5 Å². The van der Waals surface area contributed by atoms with Gasteiger partial charge in [-0.3, -0.25) is 9.69 Å². The molecule has 3 aromatic carbocycles. The number of likely N-dealkylation sites (tertiary alicyclic amines) is 1. The highest BCUT2D eigenvalue weighted by atomic mass is 16.5. The van der Waals surface area contributed by atoms with Crippen molar-refractivity contribution < 1.29 is 9.53 Å². The van der Waals surface area contributed by atoms with E-state index >= 15 is 0 Å². The second-order valence-corrected chi connectivity index (χ2v) is 9.37. The number of fused-ring (bicyclic) bond motifs is 1. The Hall–Kier alpha value is -3.57. The lowest BCUT2D eigenvalue weighted by Gasteiger charge is -2.31. The van der Waals surface area contributed by atoms with Gasteiger partial charge in [0.1, 0.15) is 12.4 Å². The van der Waals surface area contributed by atoms with Gasteiger partial charge in [0.05, 0.1) is 0 Å². The third kappa shape index (κ3) is 6.11. The van der Waals surface area contributed by atoms with Crippen LogP contribution in [0.3, 0.4) is 0 Å². The second-order valence-electron chi connectivity index (χ2n) is 9.37. The van der Waals surface area contributed by atoms with E-state index < -0.39 is 0 Å². The fraction of sp³-hybridized carbons (Fsp3) is 0.300. The number of nitrogens with one attached hydrogen (secondary N) is 2. The highest BCUT2D eigenvalue weighted by molar-refractivity contribution is 5.83. The van der Waals surface area contributed by atoms with Gasteiger partial charge in [0.2, 0.25) is 5.91 Å². The molecule has 1 aliphatic heterocycles. The van der Waals surface area contributed by atoms with Gasteiger partial charge < -0.3 is 15.0 Å². The number of nitrogens with zero attached hydrogens (tertiary/aromatic N) is 1. The predicted octanol–water partition coefficient (Wildman–Crippen LogP) is 5.32. The van der Waals surface area contributed by atoms with Crippen molar-refractivity contribution in [3.05, 3.63) is 102 Å². The number of amides is 1. The Morgan fingerprint density at radius 2 is 1.66 bits per heavy atom. The molecule has 2 heterocycles. The summed E-state index contributed by atoms with van der Waals surface area (Å²) in [6.45, 7) is 4.07. The second kappa shape index (κ2) is 11.2. The van der Waals surface area contributed by atoms with Crippen LogP contribution in [0.25, 0.3) is 10.9 Å². The number of hydrogen-bond acceptors (Lipinski definition) is 3. The molecule has 0 unspecified atom stereocenters. The Morgan fingerprint density at radius 1 is 0.914 bits per heavy atom. The Balaban J connectivity index is 1.02. The number of H-pyrrole nitrogens is 1. The summed E-state index contributed by atoms with van der Waals surface area (Å²) in [5.41, 5.74) is 4.85. The Labute approximate surface area is 207 Å². The quantitative estimate of drug-likeness (QED) is 0.350. The van der Waals surface area contributed by atoms with E-state index in [1.807, 2.05) is 36.4 Å². The molecule has 0 radical (unpaired) electrons. The van der Waals surface area contributed by atoms with Gasteiger partial charge in [0.15, 0.2) is 0 Å². The van der Waals surface area contributed by atoms with Crippen molar-refractivity contribution in [1.29, 1.82) is 0 Å². The van der Waals surface area contributed by atoms with Gasteiger partial charge >= 0.3 is 0 Å². The van der Waals surface area contributed by atoms with Crippen LogP contribution >= 0.6 is 0 Å². The molecular formula is C30H33N3O2. The van der Waals surface area contributed by atoms with Gasteiger partial charge in [-0.1, -0.05) is 60.7 Å². The number of hydrogen-bond donors (Lipinski definition) is 2. The van der Waals surface area contributed by atoms with Gasteiger partial charge in [-0.25, -0.2) is 0 Å². The van der Waals surface area contributed by atoms with Gasteiger partial charge in [-0.15, -0.1) is 0 Å². The Morgan fingerprint density at radius 3 is 2.46 bits per heavy atom.